The van der Waals surface area contributed by atoms with E-state index in [1.807, 2.05) is 67.5 Å². The third-order valence-electron chi connectivity index (χ3n) is 5.52. The zero-order chi connectivity index (χ0) is 21.1. The molecule has 0 bridgehead atoms. The number of nitrogens with zero attached hydrogens (tertiary/aromatic N) is 5. The summed E-state index contributed by atoms with van der Waals surface area (Å²) in [5.41, 5.74) is 3.79. The van der Waals surface area contributed by atoms with Crippen LogP contribution in [0, 0.1) is 5.92 Å². The van der Waals surface area contributed by atoms with Crippen molar-refractivity contribution in [2.24, 2.45) is 5.92 Å². The van der Waals surface area contributed by atoms with Gasteiger partial charge in [0.25, 0.3) is 5.91 Å². The van der Waals surface area contributed by atoms with Gasteiger partial charge < -0.3 is 14.4 Å². The second-order valence-electron chi connectivity index (χ2n) is 8.18. The van der Waals surface area contributed by atoms with Gasteiger partial charge in [-0.3, -0.25) is 4.79 Å². The molecular formula is C24H29N5O. The molecule has 2 aromatic heterocycles. The quantitative estimate of drug-likeness (QED) is 0.569. The average molecular weight is 404 g/mol. The number of amides is 1. The number of benzene rings is 1. The van der Waals surface area contributed by atoms with E-state index in [0.29, 0.717) is 25.0 Å². The summed E-state index contributed by atoms with van der Waals surface area (Å²) >= 11 is 0. The van der Waals surface area contributed by atoms with Crippen LogP contribution in [-0.4, -0.2) is 46.0 Å². The Kier molecular flexibility index (Phi) is 5.84. The maximum atomic E-state index is 13.5. The van der Waals surface area contributed by atoms with Gasteiger partial charge in [0.1, 0.15) is 5.69 Å². The van der Waals surface area contributed by atoms with Crippen LogP contribution in [0.15, 0.2) is 55.0 Å². The lowest BCUT2D eigenvalue weighted by atomic mass is 10.1. The lowest BCUT2D eigenvalue weighted by Gasteiger charge is -2.22. The molecule has 6 heteroatoms. The van der Waals surface area contributed by atoms with Gasteiger partial charge in [-0.05, 0) is 37.3 Å². The molecule has 0 unspecified atom stereocenters. The van der Waals surface area contributed by atoms with Gasteiger partial charge in [0.05, 0.1) is 0 Å². The molecule has 4 rings (SSSR count). The molecule has 0 radical (unpaired) electrons. The second-order valence-corrected chi connectivity index (χ2v) is 8.18. The van der Waals surface area contributed by atoms with Crippen molar-refractivity contribution in [3.05, 3.63) is 66.2 Å². The number of aromatic nitrogens is 3. The first-order valence-electron chi connectivity index (χ1n) is 10.6. The highest BCUT2D eigenvalue weighted by Crippen LogP contribution is 2.33. The number of hydrogen-bond acceptors (Lipinski definition) is 4. The van der Waals surface area contributed by atoms with Gasteiger partial charge in [0.15, 0.2) is 0 Å². The van der Waals surface area contributed by atoms with Gasteiger partial charge >= 0.3 is 0 Å². The molecule has 156 valence electrons. The molecule has 1 fully saturated rings. The van der Waals surface area contributed by atoms with E-state index in [9.17, 15) is 4.79 Å². The summed E-state index contributed by atoms with van der Waals surface area (Å²) in [6.45, 7) is 4.20. The number of rotatable bonds is 8. The molecule has 0 N–H and O–H groups in total. The largest absolute Gasteiger partial charge is 0.347 e. The van der Waals surface area contributed by atoms with Gasteiger partial charge in [-0.25, -0.2) is 9.97 Å². The summed E-state index contributed by atoms with van der Waals surface area (Å²) < 4.78 is 2.13. The number of carbonyl (C=O) groups is 1. The van der Waals surface area contributed by atoms with Crippen molar-refractivity contribution in [1.29, 1.82) is 0 Å². The molecule has 0 atom stereocenters. The van der Waals surface area contributed by atoms with Gasteiger partial charge in [-0.2, -0.15) is 0 Å². The molecule has 1 saturated carbocycles. The van der Waals surface area contributed by atoms with E-state index in [-0.39, 0.29) is 5.91 Å². The molecule has 2 heterocycles. The van der Waals surface area contributed by atoms with Gasteiger partial charge in [-0.1, -0.05) is 30.3 Å². The highest BCUT2D eigenvalue weighted by Gasteiger charge is 2.26. The van der Waals surface area contributed by atoms with E-state index in [0.717, 1.165) is 28.9 Å². The molecule has 30 heavy (non-hydrogen) atoms. The van der Waals surface area contributed by atoms with Crippen LogP contribution >= 0.6 is 0 Å². The summed E-state index contributed by atoms with van der Waals surface area (Å²) in [6.07, 6.45) is 8.21. The van der Waals surface area contributed by atoms with Crippen molar-refractivity contribution in [3.8, 4) is 11.1 Å². The predicted molar refractivity (Wildman–Crippen MR) is 119 cm³/mol. The van der Waals surface area contributed by atoms with E-state index in [1.54, 1.807) is 0 Å². The highest BCUT2D eigenvalue weighted by atomic mass is 16.2. The summed E-state index contributed by atoms with van der Waals surface area (Å²) in [5.74, 6) is 1.42. The van der Waals surface area contributed by atoms with E-state index in [1.165, 1.54) is 12.8 Å². The van der Waals surface area contributed by atoms with Crippen LogP contribution < -0.4 is 4.90 Å². The van der Waals surface area contributed by atoms with Crippen molar-refractivity contribution in [2.75, 3.05) is 25.5 Å². The Hall–Kier alpha value is -3.15. The average Bonchev–Trinajstić information content (AvgIpc) is 3.49. The zero-order valence-corrected chi connectivity index (χ0v) is 18.0. The Morgan fingerprint density at radius 3 is 2.40 bits per heavy atom. The molecule has 0 aliphatic heterocycles. The Labute approximate surface area is 178 Å². The minimum atomic E-state index is 0.0686. The monoisotopic (exact) mass is 403 g/mol. The zero-order valence-electron chi connectivity index (χ0n) is 18.0. The Bertz CT molecular complexity index is 990. The third-order valence-corrected chi connectivity index (χ3v) is 5.52. The summed E-state index contributed by atoms with van der Waals surface area (Å²) in [5, 5.41) is 0. The fourth-order valence-corrected chi connectivity index (χ4v) is 3.57. The molecule has 0 saturated heterocycles. The lowest BCUT2D eigenvalue weighted by molar-refractivity contribution is 0.0741. The molecule has 1 amide bonds. The van der Waals surface area contributed by atoms with Crippen LogP contribution in [0.2, 0.25) is 0 Å². The fraction of sp³-hybridized carbons (Fsp3) is 0.375. The molecule has 3 aromatic rings. The maximum Gasteiger partial charge on any atom is 0.270 e. The lowest BCUT2D eigenvalue weighted by Crippen LogP contribution is -2.32. The highest BCUT2D eigenvalue weighted by molar-refractivity contribution is 5.94. The first kappa shape index (κ1) is 20.1. The van der Waals surface area contributed by atoms with Crippen molar-refractivity contribution < 1.29 is 4.79 Å². The summed E-state index contributed by atoms with van der Waals surface area (Å²) in [6, 6.07) is 12.1. The fourth-order valence-electron chi connectivity index (χ4n) is 3.57. The van der Waals surface area contributed by atoms with E-state index >= 15 is 0 Å². The van der Waals surface area contributed by atoms with Crippen LogP contribution in [-0.2, 0) is 13.1 Å². The van der Waals surface area contributed by atoms with Crippen LogP contribution in [0.3, 0.4) is 0 Å². The maximum absolute atomic E-state index is 13.5. The van der Waals surface area contributed by atoms with Gasteiger partial charge in [0.2, 0.25) is 5.95 Å². The molecule has 6 nitrogen and oxygen atoms in total. The standard InChI is InChI=1S/C24H29N5O/c1-4-28(15-18-8-6-5-7-9-18)23(30)22-12-20(17-29(22)16-19-10-11-19)21-13-25-24(26-14-21)27(2)3/h5-9,12-14,17,19H,4,10-11,15-16H2,1-3H3. The van der Waals surface area contributed by atoms with Crippen LogP contribution in [0.4, 0.5) is 5.95 Å². The number of hydrogen-bond donors (Lipinski definition) is 0. The first-order chi connectivity index (χ1) is 14.5. The van der Waals surface area contributed by atoms with Crippen molar-refractivity contribution in [3.63, 3.8) is 0 Å². The number of anilines is 1. The Morgan fingerprint density at radius 1 is 1.10 bits per heavy atom. The Balaban J connectivity index is 1.62. The minimum Gasteiger partial charge on any atom is -0.347 e. The third kappa shape index (κ3) is 4.53. The van der Waals surface area contributed by atoms with E-state index in [4.69, 9.17) is 0 Å². The second kappa shape index (κ2) is 8.69. The molecule has 1 aliphatic rings. The SMILES string of the molecule is CCN(Cc1ccccc1)C(=O)c1cc(-c2cnc(N(C)C)nc2)cn1CC1CC1. The molecule has 1 aromatic carbocycles. The van der Waals surface area contributed by atoms with Crippen molar-refractivity contribution in [2.45, 2.75) is 32.9 Å². The van der Waals surface area contributed by atoms with Crippen LogP contribution in [0.25, 0.3) is 11.1 Å². The van der Waals surface area contributed by atoms with Crippen molar-refractivity contribution in [1.82, 2.24) is 19.4 Å². The van der Waals surface area contributed by atoms with Gasteiger partial charge in [-0.15, -0.1) is 0 Å². The van der Waals surface area contributed by atoms with Crippen LogP contribution in [0.5, 0.6) is 0 Å². The van der Waals surface area contributed by atoms with E-state index < -0.39 is 0 Å². The Morgan fingerprint density at radius 2 is 1.80 bits per heavy atom. The minimum absolute atomic E-state index is 0.0686. The molecule has 0 spiro atoms. The topological polar surface area (TPSA) is 54.3 Å². The number of carbonyl (C=O) groups excluding carboxylic acids is 1. The van der Waals surface area contributed by atoms with Crippen LogP contribution in [0.1, 0.15) is 35.8 Å². The van der Waals surface area contributed by atoms with E-state index in [2.05, 4.69) is 32.9 Å². The first-order valence-corrected chi connectivity index (χ1v) is 10.6. The molecule has 1 aliphatic carbocycles. The summed E-state index contributed by atoms with van der Waals surface area (Å²) in [4.78, 5) is 26.1. The predicted octanol–water partition coefficient (Wildman–Crippen LogP) is 4.08. The smallest absolute Gasteiger partial charge is 0.270 e. The normalized spacial score (nSPS) is 13.3. The van der Waals surface area contributed by atoms with Gasteiger partial charge in [0, 0.05) is 63.4 Å². The summed E-state index contributed by atoms with van der Waals surface area (Å²) in [7, 11) is 3.84. The van der Waals surface area contributed by atoms with Crippen molar-refractivity contribution >= 4 is 11.9 Å². The molecular weight excluding hydrogens is 374 g/mol.